The zero-order valence-electron chi connectivity index (χ0n) is 12.3. The third kappa shape index (κ3) is 2.08. The van der Waals surface area contributed by atoms with E-state index in [2.05, 4.69) is 20.9 Å². The highest BCUT2D eigenvalue weighted by Crippen LogP contribution is 2.40. The molecule has 2 atom stereocenters. The molecule has 4 heteroatoms. The van der Waals surface area contributed by atoms with Gasteiger partial charge in [0.1, 0.15) is 11.3 Å². The fraction of sp³-hybridized carbons (Fsp3) is 0.647. The number of hydrogen-bond donors (Lipinski definition) is 1. The van der Waals surface area contributed by atoms with Crippen molar-refractivity contribution in [2.24, 2.45) is 5.92 Å². The highest BCUT2D eigenvalue weighted by atomic mass is 15.1. The summed E-state index contributed by atoms with van der Waals surface area (Å²) in [6.45, 7) is 0. The number of rotatable bonds is 3. The number of fused-ring (bicyclic) bond motifs is 3. The minimum atomic E-state index is 0.700. The molecule has 2 aromatic heterocycles. The molecule has 3 fully saturated rings. The zero-order chi connectivity index (χ0) is 13.8. The van der Waals surface area contributed by atoms with E-state index in [4.69, 9.17) is 4.98 Å². The summed E-state index contributed by atoms with van der Waals surface area (Å²) in [5, 5.41) is 3.75. The lowest BCUT2D eigenvalue weighted by atomic mass is 9.89. The Balaban J connectivity index is 1.48. The summed E-state index contributed by atoms with van der Waals surface area (Å²) in [6.07, 6.45) is 13.0. The molecule has 5 rings (SSSR count). The lowest BCUT2D eigenvalue weighted by molar-refractivity contribution is 0.293. The summed E-state index contributed by atoms with van der Waals surface area (Å²) in [5.74, 6) is 2.12. The van der Waals surface area contributed by atoms with Gasteiger partial charge in [-0.1, -0.05) is 0 Å². The maximum absolute atomic E-state index is 4.92. The lowest BCUT2D eigenvalue weighted by Crippen LogP contribution is -2.38. The smallest absolute Gasteiger partial charge is 0.110 e. The molecular weight excluding hydrogens is 260 g/mol. The second-order valence-corrected chi connectivity index (χ2v) is 7.17. The van der Waals surface area contributed by atoms with Crippen LogP contribution in [0.25, 0.3) is 11.0 Å². The van der Waals surface area contributed by atoms with E-state index < -0.39 is 0 Å². The van der Waals surface area contributed by atoms with Crippen molar-refractivity contribution in [1.29, 1.82) is 0 Å². The summed E-state index contributed by atoms with van der Waals surface area (Å²) in [5.41, 5.74) is 2.37. The van der Waals surface area contributed by atoms with Gasteiger partial charge in [0, 0.05) is 30.7 Å². The van der Waals surface area contributed by atoms with Crippen molar-refractivity contribution in [3.63, 3.8) is 0 Å². The molecular formula is C17H22N4. The first-order chi connectivity index (χ1) is 10.4. The van der Waals surface area contributed by atoms with Crippen molar-refractivity contribution in [2.75, 3.05) is 0 Å². The van der Waals surface area contributed by atoms with E-state index in [1.54, 1.807) is 0 Å². The number of hydrogen-bond acceptors (Lipinski definition) is 3. The Bertz CT molecular complexity index is 660. The molecule has 1 N–H and O–H groups in total. The topological polar surface area (TPSA) is 42.7 Å². The Morgan fingerprint density at radius 2 is 1.95 bits per heavy atom. The van der Waals surface area contributed by atoms with Gasteiger partial charge in [-0.3, -0.25) is 4.98 Å². The predicted molar refractivity (Wildman–Crippen MR) is 82.2 cm³/mol. The number of piperidine rings is 1. The van der Waals surface area contributed by atoms with Crippen LogP contribution in [0.2, 0.25) is 0 Å². The molecule has 0 spiro atoms. The first-order valence-corrected chi connectivity index (χ1v) is 8.43. The molecule has 4 heterocycles. The monoisotopic (exact) mass is 282 g/mol. The second kappa shape index (κ2) is 4.54. The predicted octanol–water partition coefficient (Wildman–Crippen LogP) is 2.84. The molecule has 0 aromatic carbocycles. The molecule has 21 heavy (non-hydrogen) atoms. The maximum atomic E-state index is 4.92. The van der Waals surface area contributed by atoms with Crippen LogP contribution in [0.1, 0.15) is 50.4 Å². The van der Waals surface area contributed by atoms with Crippen LogP contribution in [0, 0.1) is 5.92 Å². The summed E-state index contributed by atoms with van der Waals surface area (Å²) in [7, 11) is 0. The van der Waals surface area contributed by atoms with Crippen LogP contribution in [0.5, 0.6) is 0 Å². The van der Waals surface area contributed by atoms with Gasteiger partial charge in [0.2, 0.25) is 0 Å². The van der Waals surface area contributed by atoms with E-state index in [0.717, 1.165) is 29.9 Å². The van der Waals surface area contributed by atoms with Crippen molar-refractivity contribution in [3.05, 3.63) is 24.3 Å². The summed E-state index contributed by atoms with van der Waals surface area (Å²) in [4.78, 5) is 9.16. The fourth-order valence-corrected chi connectivity index (χ4v) is 4.48. The molecule has 1 aliphatic carbocycles. The van der Waals surface area contributed by atoms with E-state index in [1.807, 2.05) is 12.4 Å². The van der Waals surface area contributed by atoms with Crippen LogP contribution in [-0.4, -0.2) is 26.6 Å². The first kappa shape index (κ1) is 12.2. The number of pyridine rings is 1. The number of nitrogens with zero attached hydrogens (tertiary/aromatic N) is 3. The van der Waals surface area contributed by atoms with Gasteiger partial charge in [-0.25, -0.2) is 4.98 Å². The highest BCUT2D eigenvalue weighted by Gasteiger charge is 2.35. The van der Waals surface area contributed by atoms with Gasteiger partial charge in [-0.2, -0.15) is 0 Å². The Kier molecular flexibility index (Phi) is 2.63. The van der Waals surface area contributed by atoms with E-state index in [9.17, 15) is 0 Å². The Morgan fingerprint density at radius 3 is 2.71 bits per heavy atom. The Hall–Kier alpha value is -1.42. The Labute approximate surface area is 125 Å². The standard InChI is InChI=1S/C17H22N4/c1-2-13-8-11(7-12(1)19-13)9-17-20-15-10-18-6-5-16(15)21(17)14-3-4-14/h5-6,10-14,19H,1-4,7-9H2. The summed E-state index contributed by atoms with van der Waals surface area (Å²) >= 11 is 0. The van der Waals surface area contributed by atoms with Gasteiger partial charge in [-0.15, -0.1) is 0 Å². The molecule has 110 valence electrons. The Morgan fingerprint density at radius 1 is 1.14 bits per heavy atom. The summed E-state index contributed by atoms with van der Waals surface area (Å²) < 4.78 is 2.51. The van der Waals surface area contributed by atoms with Crippen molar-refractivity contribution in [2.45, 2.75) is 63.1 Å². The van der Waals surface area contributed by atoms with E-state index in [0.29, 0.717) is 6.04 Å². The van der Waals surface area contributed by atoms with E-state index in [-0.39, 0.29) is 0 Å². The quantitative estimate of drug-likeness (QED) is 0.941. The van der Waals surface area contributed by atoms with E-state index in [1.165, 1.54) is 49.9 Å². The van der Waals surface area contributed by atoms with Gasteiger partial charge in [0.25, 0.3) is 0 Å². The van der Waals surface area contributed by atoms with Crippen molar-refractivity contribution in [1.82, 2.24) is 19.9 Å². The highest BCUT2D eigenvalue weighted by molar-refractivity contribution is 5.75. The molecule has 3 aliphatic rings. The molecule has 2 aliphatic heterocycles. The molecule has 0 amide bonds. The molecule has 0 radical (unpaired) electrons. The number of aromatic nitrogens is 3. The molecule has 1 saturated carbocycles. The van der Waals surface area contributed by atoms with Gasteiger partial charge in [0.15, 0.2) is 0 Å². The minimum Gasteiger partial charge on any atom is -0.325 e. The summed E-state index contributed by atoms with van der Waals surface area (Å²) in [6, 6.07) is 4.38. The number of imidazole rings is 1. The van der Waals surface area contributed by atoms with Crippen molar-refractivity contribution < 1.29 is 0 Å². The molecule has 4 nitrogen and oxygen atoms in total. The van der Waals surface area contributed by atoms with Gasteiger partial charge < -0.3 is 9.88 Å². The van der Waals surface area contributed by atoms with Crippen molar-refractivity contribution >= 4 is 11.0 Å². The third-order valence-electron chi connectivity index (χ3n) is 5.52. The first-order valence-electron chi connectivity index (χ1n) is 8.43. The minimum absolute atomic E-state index is 0.700. The largest absolute Gasteiger partial charge is 0.325 e. The van der Waals surface area contributed by atoms with Crippen LogP contribution < -0.4 is 5.32 Å². The maximum Gasteiger partial charge on any atom is 0.110 e. The average molecular weight is 282 g/mol. The molecule has 2 bridgehead atoms. The zero-order valence-corrected chi connectivity index (χ0v) is 12.3. The second-order valence-electron chi connectivity index (χ2n) is 7.17. The molecule has 2 unspecified atom stereocenters. The van der Waals surface area contributed by atoms with Crippen LogP contribution in [0.4, 0.5) is 0 Å². The average Bonchev–Trinajstić information content (AvgIpc) is 3.18. The van der Waals surface area contributed by atoms with Crippen LogP contribution in [0.15, 0.2) is 18.5 Å². The molecule has 2 saturated heterocycles. The van der Waals surface area contributed by atoms with Gasteiger partial charge >= 0.3 is 0 Å². The lowest BCUT2D eigenvalue weighted by Gasteiger charge is -2.29. The van der Waals surface area contributed by atoms with E-state index >= 15 is 0 Å². The van der Waals surface area contributed by atoms with Crippen LogP contribution in [0.3, 0.4) is 0 Å². The van der Waals surface area contributed by atoms with Gasteiger partial charge in [-0.05, 0) is 50.5 Å². The third-order valence-corrected chi connectivity index (χ3v) is 5.52. The fourth-order valence-electron chi connectivity index (χ4n) is 4.48. The van der Waals surface area contributed by atoms with Crippen molar-refractivity contribution in [3.8, 4) is 0 Å². The normalized spacial score (nSPS) is 31.9. The number of nitrogens with one attached hydrogen (secondary N) is 1. The molecule has 2 aromatic rings. The van der Waals surface area contributed by atoms with Crippen LogP contribution in [-0.2, 0) is 6.42 Å². The van der Waals surface area contributed by atoms with Crippen LogP contribution >= 0.6 is 0 Å². The SMILES string of the molecule is c1cc2c(cn1)nc(CC1CC3CCC(C1)N3)n2C1CC1. The van der Waals surface area contributed by atoms with Gasteiger partial charge in [0.05, 0.1) is 11.7 Å².